The van der Waals surface area contributed by atoms with Gasteiger partial charge in [0.05, 0.1) is 6.54 Å². The van der Waals surface area contributed by atoms with Crippen LogP contribution in [0.5, 0.6) is 0 Å². The highest BCUT2D eigenvalue weighted by Crippen LogP contribution is 2.15. The van der Waals surface area contributed by atoms with E-state index >= 15 is 0 Å². The molecule has 1 aromatic heterocycles. The number of benzene rings is 2. The third-order valence-electron chi connectivity index (χ3n) is 5.06. The van der Waals surface area contributed by atoms with Gasteiger partial charge in [0.2, 0.25) is 0 Å². The fourth-order valence-corrected chi connectivity index (χ4v) is 3.73. The monoisotopic (exact) mass is 394 g/mol. The molecule has 5 nitrogen and oxygen atoms in total. The summed E-state index contributed by atoms with van der Waals surface area (Å²) >= 11 is 6.07. The lowest BCUT2D eigenvalue weighted by Gasteiger charge is -2.34. The molecule has 0 unspecified atom stereocenters. The van der Waals surface area contributed by atoms with Crippen molar-refractivity contribution in [2.75, 3.05) is 26.2 Å². The van der Waals surface area contributed by atoms with E-state index in [0.717, 1.165) is 48.9 Å². The number of nitrogens with zero attached hydrogens (tertiary/aromatic N) is 4. The molecule has 6 heteroatoms. The third kappa shape index (κ3) is 4.61. The quantitative estimate of drug-likeness (QED) is 0.664. The summed E-state index contributed by atoms with van der Waals surface area (Å²) in [5.41, 5.74) is 3.08. The molecule has 1 saturated heterocycles. The van der Waals surface area contributed by atoms with Gasteiger partial charge in [0, 0.05) is 55.7 Å². The van der Waals surface area contributed by atoms with Gasteiger partial charge in [0.1, 0.15) is 0 Å². The lowest BCUT2D eigenvalue weighted by atomic mass is 10.1. The summed E-state index contributed by atoms with van der Waals surface area (Å²) in [7, 11) is 0. The SMILES string of the molecule is O=C(c1ccc(Cn2cccn2)cc1)N1CCN(Cc2cccc(Cl)c2)CC1. The zero-order chi connectivity index (χ0) is 19.3. The zero-order valence-corrected chi connectivity index (χ0v) is 16.4. The molecular formula is C22H23ClN4O. The Hall–Kier alpha value is -2.63. The highest BCUT2D eigenvalue weighted by Gasteiger charge is 2.22. The minimum absolute atomic E-state index is 0.105. The molecule has 144 valence electrons. The Kier molecular flexibility index (Phi) is 5.74. The average Bonchev–Trinajstić information content (AvgIpc) is 3.22. The maximum Gasteiger partial charge on any atom is 0.253 e. The van der Waals surface area contributed by atoms with E-state index in [4.69, 9.17) is 11.6 Å². The molecule has 0 N–H and O–H groups in total. The predicted octanol–water partition coefficient (Wildman–Crippen LogP) is 3.54. The second-order valence-corrected chi connectivity index (χ2v) is 7.54. The second-order valence-electron chi connectivity index (χ2n) is 7.10. The maximum absolute atomic E-state index is 12.8. The second kappa shape index (κ2) is 8.59. The summed E-state index contributed by atoms with van der Waals surface area (Å²) in [5.74, 6) is 0.105. The van der Waals surface area contributed by atoms with Crippen LogP contribution in [0.3, 0.4) is 0 Å². The van der Waals surface area contributed by atoms with Crippen LogP contribution in [-0.4, -0.2) is 51.7 Å². The number of aromatic nitrogens is 2. The largest absolute Gasteiger partial charge is 0.336 e. The number of piperazine rings is 1. The smallest absolute Gasteiger partial charge is 0.253 e. The van der Waals surface area contributed by atoms with Gasteiger partial charge in [-0.2, -0.15) is 5.10 Å². The Bertz CT molecular complexity index is 916. The minimum Gasteiger partial charge on any atom is -0.336 e. The number of halogens is 1. The first-order valence-electron chi connectivity index (χ1n) is 9.50. The van der Waals surface area contributed by atoms with Crippen molar-refractivity contribution in [2.45, 2.75) is 13.1 Å². The molecular weight excluding hydrogens is 372 g/mol. The van der Waals surface area contributed by atoms with Crippen molar-refractivity contribution in [1.29, 1.82) is 0 Å². The number of carbonyl (C=O) groups excluding carboxylic acids is 1. The minimum atomic E-state index is 0.105. The molecule has 0 bridgehead atoms. The molecule has 1 aliphatic rings. The molecule has 0 radical (unpaired) electrons. The number of amides is 1. The number of carbonyl (C=O) groups is 1. The highest BCUT2D eigenvalue weighted by atomic mass is 35.5. The molecule has 1 fully saturated rings. The van der Waals surface area contributed by atoms with Crippen LogP contribution in [0.2, 0.25) is 5.02 Å². The molecule has 28 heavy (non-hydrogen) atoms. The van der Waals surface area contributed by atoms with Gasteiger partial charge in [0.25, 0.3) is 5.91 Å². The molecule has 0 atom stereocenters. The molecule has 0 saturated carbocycles. The molecule has 2 heterocycles. The first kappa shape index (κ1) is 18.7. The lowest BCUT2D eigenvalue weighted by Crippen LogP contribution is -2.48. The van der Waals surface area contributed by atoms with Crippen molar-refractivity contribution in [3.63, 3.8) is 0 Å². The van der Waals surface area contributed by atoms with Gasteiger partial charge in [-0.3, -0.25) is 14.4 Å². The molecule has 1 aliphatic heterocycles. The molecule has 3 aromatic rings. The van der Waals surface area contributed by atoms with Crippen molar-refractivity contribution in [3.05, 3.63) is 88.7 Å². The predicted molar refractivity (Wildman–Crippen MR) is 110 cm³/mol. The Morgan fingerprint density at radius 3 is 2.39 bits per heavy atom. The summed E-state index contributed by atoms with van der Waals surface area (Å²) in [6.45, 7) is 4.81. The molecule has 0 aliphatic carbocycles. The Balaban J connectivity index is 1.31. The van der Waals surface area contributed by atoms with E-state index in [0.29, 0.717) is 6.54 Å². The van der Waals surface area contributed by atoms with Crippen LogP contribution in [0, 0.1) is 0 Å². The Morgan fingerprint density at radius 2 is 1.71 bits per heavy atom. The summed E-state index contributed by atoms with van der Waals surface area (Å²) in [6, 6.07) is 17.7. The van der Waals surface area contributed by atoms with E-state index in [1.54, 1.807) is 6.20 Å². The molecule has 4 rings (SSSR count). The van der Waals surface area contributed by atoms with Crippen LogP contribution in [0.1, 0.15) is 21.5 Å². The van der Waals surface area contributed by atoms with E-state index in [1.165, 1.54) is 5.56 Å². The van der Waals surface area contributed by atoms with E-state index in [-0.39, 0.29) is 5.91 Å². The van der Waals surface area contributed by atoms with Crippen LogP contribution in [0.25, 0.3) is 0 Å². The van der Waals surface area contributed by atoms with Gasteiger partial charge >= 0.3 is 0 Å². The van der Waals surface area contributed by atoms with Gasteiger partial charge in [0.15, 0.2) is 0 Å². The maximum atomic E-state index is 12.8. The van der Waals surface area contributed by atoms with Gasteiger partial charge in [-0.15, -0.1) is 0 Å². The average molecular weight is 395 g/mol. The van der Waals surface area contributed by atoms with Crippen LogP contribution in [0.4, 0.5) is 0 Å². The zero-order valence-electron chi connectivity index (χ0n) is 15.7. The van der Waals surface area contributed by atoms with Gasteiger partial charge in [-0.25, -0.2) is 0 Å². The highest BCUT2D eigenvalue weighted by molar-refractivity contribution is 6.30. The molecule has 0 spiro atoms. The standard InChI is InChI=1S/C22H23ClN4O/c23-21-4-1-3-19(15-21)16-25-11-13-26(14-12-25)22(28)20-7-5-18(6-8-20)17-27-10-2-9-24-27/h1-10,15H,11-14,16-17H2. The van der Waals surface area contributed by atoms with Gasteiger partial charge in [-0.1, -0.05) is 35.9 Å². The van der Waals surface area contributed by atoms with Crippen molar-refractivity contribution in [3.8, 4) is 0 Å². The summed E-state index contributed by atoms with van der Waals surface area (Å²) < 4.78 is 1.87. The number of rotatable bonds is 5. The normalized spacial score (nSPS) is 15.0. The van der Waals surface area contributed by atoms with E-state index < -0.39 is 0 Å². The van der Waals surface area contributed by atoms with Crippen LogP contribution in [0.15, 0.2) is 67.0 Å². The summed E-state index contributed by atoms with van der Waals surface area (Å²) in [4.78, 5) is 17.1. The fourth-order valence-electron chi connectivity index (χ4n) is 3.52. The first-order valence-corrected chi connectivity index (χ1v) is 9.87. The Morgan fingerprint density at radius 1 is 0.929 bits per heavy atom. The third-order valence-corrected chi connectivity index (χ3v) is 5.29. The number of hydrogen-bond acceptors (Lipinski definition) is 3. The van der Waals surface area contributed by atoms with Crippen molar-refractivity contribution in [2.24, 2.45) is 0 Å². The molecule has 2 aromatic carbocycles. The van der Waals surface area contributed by atoms with E-state index in [2.05, 4.69) is 16.1 Å². The van der Waals surface area contributed by atoms with Gasteiger partial charge in [-0.05, 0) is 41.5 Å². The number of hydrogen-bond donors (Lipinski definition) is 0. The van der Waals surface area contributed by atoms with E-state index in [1.807, 2.05) is 64.3 Å². The Labute approximate surface area is 170 Å². The topological polar surface area (TPSA) is 41.4 Å². The summed E-state index contributed by atoms with van der Waals surface area (Å²) in [6.07, 6.45) is 3.70. The lowest BCUT2D eigenvalue weighted by molar-refractivity contribution is 0.0628. The fraction of sp³-hybridized carbons (Fsp3) is 0.273. The summed E-state index contributed by atoms with van der Waals surface area (Å²) in [5, 5.41) is 4.98. The van der Waals surface area contributed by atoms with Gasteiger partial charge < -0.3 is 4.90 Å². The van der Waals surface area contributed by atoms with E-state index in [9.17, 15) is 4.79 Å². The van der Waals surface area contributed by atoms with Crippen molar-refractivity contribution < 1.29 is 4.79 Å². The first-order chi connectivity index (χ1) is 13.7. The van der Waals surface area contributed by atoms with Crippen LogP contribution < -0.4 is 0 Å². The van der Waals surface area contributed by atoms with Crippen molar-refractivity contribution in [1.82, 2.24) is 19.6 Å². The molecule has 1 amide bonds. The van der Waals surface area contributed by atoms with Crippen LogP contribution >= 0.6 is 11.6 Å². The van der Waals surface area contributed by atoms with Crippen molar-refractivity contribution >= 4 is 17.5 Å². The van der Waals surface area contributed by atoms with Crippen LogP contribution in [-0.2, 0) is 13.1 Å².